The highest BCUT2D eigenvalue weighted by molar-refractivity contribution is 7.93. The first-order valence-corrected chi connectivity index (χ1v) is 7.77. The molecule has 1 aliphatic heterocycles. The average Bonchev–Trinajstić information content (AvgIpc) is 2.60. The fourth-order valence-corrected chi connectivity index (χ4v) is 3.93. The summed E-state index contributed by atoms with van der Waals surface area (Å²) >= 11 is 0. The number of hydrogen-bond acceptors (Lipinski definition) is 3. The van der Waals surface area contributed by atoms with E-state index in [1.54, 1.807) is 0 Å². The van der Waals surface area contributed by atoms with Crippen molar-refractivity contribution in [3.05, 3.63) is 0 Å². The van der Waals surface area contributed by atoms with E-state index in [1.807, 2.05) is 0 Å². The third-order valence-electron chi connectivity index (χ3n) is 3.05. The molecule has 0 unspecified atom stereocenters. The fraction of sp³-hybridized carbons (Fsp3) is 1.00. The van der Waals surface area contributed by atoms with Gasteiger partial charge in [-0.2, -0.15) is 0 Å². The molecule has 0 radical (unpaired) electrons. The van der Waals surface area contributed by atoms with Crippen molar-refractivity contribution < 1.29 is 4.21 Å². The molecule has 90 valence electrons. The highest BCUT2D eigenvalue weighted by Crippen LogP contribution is 2.13. The molecule has 0 aromatic heterocycles. The van der Waals surface area contributed by atoms with Crippen molar-refractivity contribution >= 4 is 9.73 Å². The van der Waals surface area contributed by atoms with Crippen LogP contribution in [0.1, 0.15) is 33.1 Å². The van der Waals surface area contributed by atoms with Crippen molar-refractivity contribution in [3.63, 3.8) is 0 Å². The standard InChI is InChI=1S/C11H24N2OS/c1-11(2)13(3)8-6-7-12-15(14)9-4-5-10-15/h11H,4-10H2,1-3H3. The molecule has 0 atom stereocenters. The van der Waals surface area contributed by atoms with Crippen LogP contribution in [0.15, 0.2) is 4.36 Å². The monoisotopic (exact) mass is 232 g/mol. The van der Waals surface area contributed by atoms with E-state index in [0.717, 1.165) is 43.9 Å². The minimum absolute atomic E-state index is 0.588. The van der Waals surface area contributed by atoms with E-state index in [1.165, 1.54) is 0 Å². The molecule has 1 saturated heterocycles. The first-order chi connectivity index (χ1) is 7.03. The Morgan fingerprint density at radius 1 is 1.33 bits per heavy atom. The maximum atomic E-state index is 12.0. The van der Waals surface area contributed by atoms with Gasteiger partial charge in [0.2, 0.25) is 0 Å². The number of nitrogens with zero attached hydrogens (tertiary/aromatic N) is 2. The Hall–Kier alpha value is -0.0900. The molecule has 0 bridgehead atoms. The van der Waals surface area contributed by atoms with Crippen LogP contribution in [-0.2, 0) is 9.73 Å². The summed E-state index contributed by atoms with van der Waals surface area (Å²) < 4.78 is 16.4. The summed E-state index contributed by atoms with van der Waals surface area (Å²) in [6.45, 7) is 6.20. The summed E-state index contributed by atoms with van der Waals surface area (Å²) in [5.41, 5.74) is 0. The van der Waals surface area contributed by atoms with Crippen LogP contribution in [0.5, 0.6) is 0 Å². The third kappa shape index (κ3) is 4.51. The fourth-order valence-electron chi connectivity index (χ4n) is 1.70. The largest absolute Gasteiger partial charge is 0.304 e. The van der Waals surface area contributed by atoms with Crippen LogP contribution in [0.3, 0.4) is 0 Å². The molecule has 15 heavy (non-hydrogen) atoms. The second-order valence-corrected chi connectivity index (χ2v) is 7.29. The van der Waals surface area contributed by atoms with Gasteiger partial charge in [0.15, 0.2) is 0 Å². The summed E-state index contributed by atoms with van der Waals surface area (Å²) in [7, 11) is 0.360. The molecule has 0 spiro atoms. The van der Waals surface area contributed by atoms with Gasteiger partial charge in [0.05, 0.1) is 0 Å². The van der Waals surface area contributed by atoms with Crippen LogP contribution < -0.4 is 0 Å². The molecule has 1 fully saturated rings. The first-order valence-electron chi connectivity index (χ1n) is 5.92. The van der Waals surface area contributed by atoms with Gasteiger partial charge in [-0.15, -0.1) is 0 Å². The topological polar surface area (TPSA) is 32.7 Å². The van der Waals surface area contributed by atoms with Gasteiger partial charge >= 0.3 is 0 Å². The van der Waals surface area contributed by atoms with E-state index in [0.29, 0.717) is 6.04 Å². The van der Waals surface area contributed by atoms with Gasteiger partial charge in [-0.05, 0) is 46.7 Å². The molecular weight excluding hydrogens is 208 g/mol. The second kappa shape index (κ2) is 5.85. The Morgan fingerprint density at radius 2 is 1.93 bits per heavy atom. The van der Waals surface area contributed by atoms with Crippen LogP contribution >= 0.6 is 0 Å². The molecular formula is C11H24N2OS. The normalized spacial score (nSPS) is 20.1. The molecule has 1 heterocycles. The lowest BCUT2D eigenvalue weighted by atomic mass is 10.3. The molecule has 3 nitrogen and oxygen atoms in total. The summed E-state index contributed by atoms with van der Waals surface area (Å²) in [5.74, 6) is 1.68. The van der Waals surface area contributed by atoms with Crippen LogP contribution in [0.25, 0.3) is 0 Å². The minimum atomic E-state index is -1.77. The third-order valence-corrected chi connectivity index (χ3v) is 5.56. The zero-order chi connectivity index (χ0) is 11.3. The molecule has 0 N–H and O–H groups in total. The maximum absolute atomic E-state index is 12.0. The second-order valence-electron chi connectivity index (χ2n) is 4.67. The SMILES string of the molecule is CC(C)N(C)CCCN=S1(=O)CCCC1. The minimum Gasteiger partial charge on any atom is -0.304 e. The Morgan fingerprint density at radius 3 is 2.47 bits per heavy atom. The van der Waals surface area contributed by atoms with Gasteiger partial charge in [0.1, 0.15) is 0 Å². The molecule has 0 amide bonds. The van der Waals surface area contributed by atoms with Gasteiger partial charge in [-0.1, -0.05) is 0 Å². The predicted octanol–water partition coefficient (Wildman–Crippen LogP) is 1.98. The van der Waals surface area contributed by atoms with Crippen molar-refractivity contribution in [1.29, 1.82) is 0 Å². The van der Waals surface area contributed by atoms with Crippen molar-refractivity contribution in [1.82, 2.24) is 4.90 Å². The van der Waals surface area contributed by atoms with E-state index in [4.69, 9.17) is 0 Å². The average molecular weight is 232 g/mol. The Balaban J connectivity index is 2.24. The quantitative estimate of drug-likeness (QED) is 0.679. The zero-order valence-electron chi connectivity index (χ0n) is 10.2. The smallest absolute Gasteiger partial charge is 0.0496 e. The van der Waals surface area contributed by atoms with E-state index in [-0.39, 0.29) is 0 Å². The molecule has 0 aromatic carbocycles. The van der Waals surface area contributed by atoms with Gasteiger partial charge in [0.25, 0.3) is 0 Å². The zero-order valence-corrected chi connectivity index (χ0v) is 11.1. The highest BCUT2D eigenvalue weighted by atomic mass is 32.2. The molecule has 1 rings (SSSR count). The van der Waals surface area contributed by atoms with Crippen LogP contribution in [0, 0.1) is 0 Å². The molecule has 1 aliphatic rings. The van der Waals surface area contributed by atoms with Crippen LogP contribution in [0.2, 0.25) is 0 Å². The van der Waals surface area contributed by atoms with Crippen LogP contribution in [-0.4, -0.2) is 46.8 Å². The van der Waals surface area contributed by atoms with E-state index in [2.05, 4.69) is 30.2 Å². The van der Waals surface area contributed by atoms with Crippen LogP contribution in [0.4, 0.5) is 0 Å². The van der Waals surface area contributed by atoms with Gasteiger partial charge in [-0.3, -0.25) is 0 Å². The number of rotatable bonds is 5. The Bertz CT molecular complexity index is 281. The van der Waals surface area contributed by atoms with Crippen molar-refractivity contribution in [2.45, 2.75) is 39.2 Å². The molecule has 0 aromatic rings. The van der Waals surface area contributed by atoms with Gasteiger partial charge in [0, 0.05) is 33.8 Å². The van der Waals surface area contributed by atoms with Crippen molar-refractivity contribution in [3.8, 4) is 0 Å². The summed E-state index contributed by atoms with van der Waals surface area (Å²) in [6, 6.07) is 0.588. The lowest BCUT2D eigenvalue weighted by Crippen LogP contribution is -2.27. The molecule has 0 saturated carbocycles. The van der Waals surface area contributed by atoms with Crippen molar-refractivity contribution in [2.75, 3.05) is 31.6 Å². The van der Waals surface area contributed by atoms with E-state index >= 15 is 0 Å². The lowest BCUT2D eigenvalue weighted by molar-refractivity contribution is 0.272. The Kier molecular flexibility index (Phi) is 5.06. The van der Waals surface area contributed by atoms with Gasteiger partial charge in [-0.25, -0.2) is 8.57 Å². The maximum Gasteiger partial charge on any atom is 0.0496 e. The first kappa shape index (κ1) is 13.0. The van der Waals surface area contributed by atoms with E-state index < -0.39 is 9.73 Å². The lowest BCUT2D eigenvalue weighted by Gasteiger charge is -2.20. The summed E-state index contributed by atoms with van der Waals surface area (Å²) in [5, 5.41) is 0. The van der Waals surface area contributed by atoms with E-state index in [9.17, 15) is 4.21 Å². The molecule has 4 heteroatoms. The molecule has 0 aliphatic carbocycles. The number of hydrogen-bond donors (Lipinski definition) is 0. The summed E-state index contributed by atoms with van der Waals surface area (Å²) in [6.07, 6.45) is 3.24. The predicted molar refractivity (Wildman–Crippen MR) is 66.8 cm³/mol. The highest BCUT2D eigenvalue weighted by Gasteiger charge is 2.15. The summed E-state index contributed by atoms with van der Waals surface area (Å²) in [4.78, 5) is 2.30. The van der Waals surface area contributed by atoms with Crippen molar-refractivity contribution in [2.24, 2.45) is 4.36 Å². The van der Waals surface area contributed by atoms with Gasteiger partial charge < -0.3 is 4.90 Å². The Labute approximate surface area is 94.4 Å².